The predicted octanol–water partition coefficient (Wildman–Crippen LogP) is 2.39. The highest BCUT2D eigenvalue weighted by Crippen LogP contribution is 2.20. The molecule has 1 saturated heterocycles. The molecule has 6 heteroatoms. The summed E-state index contributed by atoms with van der Waals surface area (Å²) >= 11 is 0. The Balaban J connectivity index is 0.000000487. The summed E-state index contributed by atoms with van der Waals surface area (Å²) < 4.78 is 0. The molecule has 1 aliphatic heterocycles. The number of anilines is 1. The lowest BCUT2D eigenvalue weighted by atomic mass is 10.1. The van der Waals surface area contributed by atoms with E-state index in [9.17, 15) is 9.59 Å². The number of amides is 1. The van der Waals surface area contributed by atoms with E-state index in [4.69, 9.17) is 0 Å². The third-order valence-corrected chi connectivity index (χ3v) is 4.22. The minimum Gasteiger partial charge on any atom is -0.369 e. The number of hydrogen-bond acceptors (Lipinski definition) is 5. The topological polar surface area (TPSA) is 64.7 Å². The van der Waals surface area contributed by atoms with Crippen molar-refractivity contribution in [2.24, 2.45) is 0 Å². The summed E-state index contributed by atoms with van der Waals surface area (Å²) in [4.78, 5) is 22.9. The Kier molecular flexibility index (Phi) is 10.8. The second-order valence-electron chi connectivity index (χ2n) is 6.22. The molecule has 0 atom stereocenters. The Morgan fingerprint density at radius 1 is 1.31 bits per heavy atom. The van der Waals surface area contributed by atoms with E-state index in [1.54, 1.807) is 0 Å². The normalized spacial score (nSPS) is 13.2. The zero-order chi connectivity index (χ0) is 19.2. The molecule has 1 heterocycles. The van der Waals surface area contributed by atoms with Gasteiger partial charge in [-0.3, -0.25) is 9.80 Å². The molecule has 2 rings (SSSR count). The van der Waals surface area contributed by atoms with Gasteiger partial charge in [0, 0.05) is 44.5 Å². The highest BCUT2D eigenvalue weighted by atomic mass is 16.1. The number of nitrogens with one attached hydrogen (secondary N) is 2. The number of aldehydes is 1. The van der Waals surface area contributed by atoms with Crippen LogP contribution >= 0.6 is 0 Å². The molecule has 1 amide bonds. The van der Waals surface area contributed by atoms with Crippen LogP contribution in [0, 0.1) is 6.92 Å². The molecule has 6 nitrogen and oxygen atoms in total. The molecule has 144 valence electrons. The minimum absolute atomic E-state index is 0.529. The van der Waals surface area contributed by atoms with Crippen molar-refractivity contribution in [1.82, 2.24) is 15.8 Å². The van der Waals surface area contributed by atoms with Crippen LogP contribution in [0.15, 0.2) is 31.0 Å². The highest BCUT2D eigenvalue weighted by molar-refractivity contribution is 5.53. The maximum Gasteiger partial charge on any atom is 0.228 e. The number of benzene rings is 1. The maximum atomic E-state index is 11.0. The first-order valence-electron chi connectivity index (χ1n) is 9.24. The van der Waals surface area contributed by atoms with E-state index in [-0.39, 0.29) is 0 Å². The van der Waals surface area contributed by atoms with Gasteiger partial charge in [0.1, 0.15) is 6.29 Å². The fourth-order valence-corrected chi connectivity index (χ4v) is 2.65. The summed E-state index contributed by atoms with van der Waals surface area (Å²) in [5, 5.41) is 4.83. The van der Waals surface area contributed by atoms with Crippen molar-refractivity contribution in [1.29, 1.82) is 0 Å². The van der Waals surface area contributed by atoms with Crippen LogP contribution in [0.3, 0.4) is 0 Å². The van der Waals surface area contributed by atoms with Crippen molar-refractivity contribution < 1.29 is 9.59 Å². The highest BCUT2D eigenvalue weighted by Gasteiger charge is 2.12. The van der Waals surface area contributed by atoms with Crippen molar-refractivity contribution in [3.63, 3.8) is 0 Å². The molecular formula is C20H32N4O2. The Labute approximate surface area is 157 Å². The Morgan fingerprint density at radius 2 is 2.04 bits per heavy atom. The van der Waals surface area contributed by atoms with Crippen molar-refractivity contribution in [2.45, 2.75) is 39.7 Å². The summed E-state index contributed by atoms with van der Waals surface area (Å²) in [6, 6.07) is 6.43. The summed E-state index contributed by atoms with van der Waals surface area (Å²) in [5.74, 6) is 0. The summed E-state index contributed by atoms with van der Waals surface area (Å²) in [5.41, 5.74) is 6.35. The zero-order valence-electron chi connectivity index (χ0n) is 16.0. The van der Waals surface area contributed by atoms with Gasteiger partial charge in [0.15, 0.2) is 0 Å². The number of rotatable bonds is 9. The van der Waals surface area contributed by atoms with Gasteiger partial charge in [0.2, 0.25) is 6.41 Å². The van der Waals surface area contributed by atoms with E-state index in [0.29, 0.717) is 6.54 Å². The number of piperazine rings is 1. The number of nitrogens with zero attached hydrogens (tertiary/aromatic N) is 2. The first-order valence-corrected chi connectivity index (χ1v) is 9.24. The Bertz CT molecular complexity index is 557. The first-order chi connectivity index (χ1) is 12.7. The molecule has 1 aromatic carbocycles. The Morgan fingerprint density at radius 3 is 2.58 bits per heavy atom. The van der Waals surface area contributed by atoms with Crippen LogP contribution in [-0.4, -0.2) is 43.9 Å². The standard InChI is InChI=1S/C15H22N4O.C5H10O/c1-3-17-19(12-20)11-14-10-15(5-4-13(14)2)18-8-6-16-7-9-18;1-2-3-4-5-6/h3-5,10,12,16-17H,1,6-9,11H2,2H3;5H,2-4H2,1H3. The van der Waals surface area contributed by atoms with Gasteiger partial charge in [-0.15, -0.1) is 0 Å². The lowest BCUT2D eigenvalue weighted by Crippen LogP contribution is -2.43. The fourth-order valence-electron chi connectivity index (χ4n) is 2.65. The number of aryl methyl sites for hydroxylation is 1. The molecule has 0 radical (unpaired) electrons. The van der Waals surface area contributed by atoms with Gasteiger partial charge < -0.3 is 20.4 Å². The van der Waals surface area contributed by atoms with Crippen LogP contribution in [0.25, 0.3) is 0 Å². The van der Waals surface area contributed by atoms with Gasteiger partial charge in [-0.05, 0) is 36.6 Å². The summed E-state index contributed by atoms with van der Waals surface area (Å²) in [6.45, 7) is 12.3. The van der Waals surface area contributed by atoms with Gasteiger partial charge in [-0.1, -0.05) is 26.0 Å². The zero-order valence-corrected chi connectivity index (χ0v) is 16.0. The van der Waals surface area contributed by atoms with Gasteiger partial charge in [0.25, 0.3) is 0 Å². The molecule has 1 fully saturated rings. The number of hydrogen-bond donors (Lipinski definition) is 2. The molecule has 0 spiro atoms. The monoisotopic (exact) mass is 360 g/mol. The van der Waals surface area contributed by atoms with Crippen LogP contribution in [0.5, 0.6) is 0 Å². The van der Waals surface area contributed by atoms with Crippen molar-refractivity contribution in [3.8, 4) is 0 Å². The van der Waals surface area contributed by atoms with E-state index in [0.717, 1.165) is 63.7 Å². The molecular weight excluding hydrogens is 328 g/mol. The van der Waals surface area contributed by atoms with Crippen LogP contribution in [-0.2, 0) is 16.1 Å². The summed E-state index contributed by atoms with van der Waals surface area (Å²) in [7, 11) is 0. The molecule has 0 aromatic heterocycles. The lowest BCUT2D eigenvalue weighted by molar-refractivity contribution is -0.120. The van der Waals surface area contributed by atoms with Crippen molar-refractivity contribution in [3.05, 3.63) is 42.1 Å². The first kappa shape index (κ1) is 21.7. The van der Waals surface area contributed by atoms with Gasteiger partial charge >= 0.3 is 0 Å². The van der Waals surface area contributed by atoms with Crippen LogP contribution in [0.2, 0.25) is 0 Å². The van der Waals surface area contributed by atoms with Crippen LogP contribution in [0.4, 0.5) is 5.69 Å². The average Bonchev–Trinajstić information content (AvgIpc) is 2.68. The van der Waals surface area contributed by atoms with E-state index < -0.39 is 0 Å². The van der Waals surface area contributed by atoms with E-state index in [2.05, 4.69) is 54.3 Å². The minimum atomic E-state index is 0.529. The van der Waals surface area contributed by atoms with Gasteiger partial charge in [-0.2, -0.15) is 0 Å². The lowest BCUT2D eigenvalue weighted by Gasteiger charge is -2.30. The molecule has 1 aromatic rings. The molecule has 26 heavy (non-hydrogen) atoms. The van der Waals surface area contributed by atoms with Crippen molar-refractivity contribution >= 4 is 18.4 Å². The van der Waals surface area contributed by atoms with Gasteiger partial charge in [0.05, 0.1) is 6.54 Å². The molecule has 0 aliphatic carbocycles. The number of carbonyl (C=O) groups is 2. The quantitative estimate of drug-likeness (QED) is 0.402. The SMILES string of the molecule is C=CNN(C=O)Cc1cc(N2CCNCC2)ccc1C.CCCCC=O. The largest absolute Gasteiger partial charge is 0.369 e. The van der Waals surface area contributed by atoms with E-state index in [1.165, 1.54) is 22.5 Å². The molecule has 0 bridgehead atoms. The average molecular weight is 361 g/mol. The molecule has 0 unspecified atom stereocenters. The molecule has 2 N–H and O–H groups in total. The second kappa shape index (κ2) is 12.9. The second-order valence-corrected chi connectivity index (χ2v) is 6.22. The molecule has 1 aliphatic rings. The predicted molar refractivity (Wildman–Crippen MR) is 107 cm³/mol. The summed E-state index contributed by atoms with van der Waals surface area (Å²) in [6.07, 6.45) is 6.14. The fraction of sp³-hybridized carbons (Fsp3) is 0.500. The van der Waals surface area contributed by atoms with E-state index >= 15 is 0 Å². The third kappa shape index (κ3) is 7.70. The van der Waals surface area contributed by atoms with Crippen LogP contribution < -0.4 is 15.6 Å². The Hall–Kier alpha value is -2.34. The van der Waals surface area contributed by atoms with Crippen LogP contribution in [0.1, 0.15) is 37.3 Å². The van der Waals surface area contributed by atoms with Gasteiger partial charge in [-0.25, -0.2) is 0 Å². The van der Waals surface area contributed by atoms with E-state index in [1.807, 2.05) is 0 Å². The number of unbranched alkanes of at least 4 members (excludes halogenated alkanes) is 2. The maximum absolute atomic E-state index is 11.0. The smallest absolute Gasteiger partial charge is 0.228 e. The number of hydrazine groups is 1. The molecule has 0 saturated carbocycles. The number of carbonyl (C=O) groups excluding carboxylic acids is 2. The third-order valence-electron chi connectivity index (χ3n) is 4.22. The van der Waals surface area contributed by atoms with Crippen molar-refractivity contribution in [2.75, 3.05) is 31.1 Å².